The van der Waals surface area contributed by atoms with Crippen molar-refractivity contribution in [2.75, 3.05) is 25.0 Å². The predicted molar refractivity (Wildman–Crippen MR) is 122 cm³/mol. The third kappa shape index (κ3) is 4.94. The van der Waals surface area contributed by atoms with Gasteiger partial charge < -0.3 is 19.5 Å². The van der Waals surface area contributed by atoms with E-state index in [4.69, 9.17) is 27.6 Å². The average Bonchev–Trinajstić information content (AvgIpc) is 3.35. The Bertz CT molecular complexity index is 987. The SMILES string of the molecule is O=C(Nc1cc(Cl)ccc1Cl)C1CCCCN1C(=O)C1CCN(C(=O)c2ccco2)CC1. The summed E-state index contributed by atoms with van der Waals surface area (Å²) in [6.07, 6.45) is 4.95. The lowest BCUT2D eigenvalue weighted by Gasteiger charge is -2.39. The van der Waals surface area contributed by atoms with Gasteiger partial charge in [0.2, 0.25) is 11.8 Å². The van der Waals surface area contributed by atoms with Gasteiger partial charge in [-0.05, 0) is 62.4 Å². The van der Waals surface area contributed by atoms with Gasteiger partial charge in [-0.15, -0.1) is 0 Å². The van der Waals surface area contributed by atoms with E-state index in [9.17, 15) is 14.4 Å². The van der Waals surface area contributed by atoms with Crippen LogP contribution in [-0.2, 0) is 9.59 Å². The van der Waals surface area contributed by atoms with Crippen LogP contribution < -0.4 is 5.32 Å². The molecule has 7 nitrogen and oxygen atoms in total. The number of nitrogens with zero attached hydrogens (tertiary/aromatic N) is 2. The third-order valence-electron chi connectivity index (χ3n) is 6.14. The number of amides is 3. The number of furan rings is 1. The van der Waals surface area contributed by atoms with E-state index in [1.54, 1.807) is 40.1 Å². The molecule has 0 radical (unpaired) electrons. The van der Waals surface area contributed by atoms with Gasteiger partial charge in [-0.2, -0.15) is 0 Å². The topological polar surface area (TPSA) is 82.9 Å². The van der Waals surface area contributed by atoms with E-state index < -0.39 is 6.04 Å². The van der Waals surface area contributed by atoms with Crippen LogP contribution in [0.1, 0.15) is 42.7 Å². The lowest BCUT2D eigenvalue weighted by Crippen LogP contribution is -2.53. The predicted octanol–water partition coefficient (Wildman–Crippen LogP) is 4.46. The van der Waals surface area contributed by atoms with E-state index in [1.165, 1.54) is 6.26 Å². The normalized spacial score (nSPS) is 19.6. The van der Waals surface area contributed by atoms with E-state index in [1.807, 2.05) is 0 Å². The Morgan fingerprint density at radius 3 is 2.50 bits per heavy atom. The van der Waals surface area contributed by atoms with Gasteiger partial charge in [-0.3, -0.25) is 14.4 Å². The molecule has 1 unspecified atom stereocenters. The fraction of sp³-hybridized carbons (Fsp3) is 0.435. The lowest BCUT2D eigenvalue weighted by molar-refractivity contribution is -0.145. The molecule has 2 aliphatic rings. The van der Waals surface area contributed by atoms with Crippen LogP contribution >= 0.6 is 23.2 Å². The molecular weight excluding hydrogens is 453 g/mol. The van der Waals surface area contributed by atoms with Crippen molar-refractivity contribution in [1.82, 2.24) is 9.80 Å². The van der Waals surface area contributed by atoms with E-state index in [0.717, 1.165) is 12.8 Å². The molecule has 0 saturated carbocycles. The Hall–Kier alpha value is -2.51. The first-order valence-electron chi connectivity index (χ1n) is 10.8. The smallest absolute Gasteiger partial charge is 0.289 e. The fourth-order valence-corrected chi connectivity index (χ4v) is 4.73. The minimum Gasteiger partial charge on any atom is -0.459 e. The van der Waals surface area contributed by atoms with Crippen LogP contribution in [0.4, 0.5) is 5.69 Å². The molecule has 1 aromatic carbocycles. The number of likely N-dealkylation sites (tertiary alicyclic amines) is 2. The van der Waals surface area contributed by atoms with Crippen molar-refractivity contribution in [3.8, 4) is 0 Å². The molecule has 1 aromatic heterocycles. The van der Waals surface area contributed by atoms with Gasteiger partial charge in [0.25, 0.3) is 5.91 Å². The van der Waals surface area contributed by atoms with Gasteiger partial charge >= 0.3 is 0 Å². The molecule has 0 spiro atoms. The summed E-state index contributed by atoms with van der Waals surface area (Å²) in [6, 6.07) is 7.65. The Morgan fingerprint density at radius 1 is 1.00 bits per heavy atom. The molecule has 0 bridgehead atoms. The number of rotatable bonds is 4. The van der Waals surface area contributed by atoms with Gasteiger partial charge in [0, 0.05) is 30.6 Å². The summed E-state index contributed by atoms with van der Waals surface area (Å²) in [5.41, 5.74) is 0.437. The Labute approximate surface area is 196 Å². The van der Waals surface area contributed by atoms with Crippen molar-refractivity contribution in [2.24, 2.45) is 5.92 Å². The minimum absolute atomic E-state index is 0.0212. The summed E-state index contributed by atoms with van der Waals surface area (Å²) in [7, 11) is 0. The van der Waals surface area contributed by atoms with Crippen molar-refractivity contribution in [3.63, 3.8) is 0 Å². The first-order chi connectivity index (χ1) is 15.4. The van der Waals surface area contributed by atoms with Gasteiger partial charge in [-0.25, -0.2) is 0 Å². The number of hydrogen-bond acceptors (Lipinski definition) is 4. The van der Waals surface area contributed by atoms with Crippen molar-refractivity contribution in [1.29, 1.82) is 0 Å². The van der Waals surface area contributed by atoms with Gasteiger partial charge in [-0.1, -0.05) is 23.2 Å². The second kappa shape index (κ2) is 9.96. The monoisotopic (exact) mass is 477 g/mol. The highest BCUT2D eigenvalue weighted by Crippen LogP contribution is 2.29. The molecule has 2 aromatic rings. The van der Waals surface area contributed by atoms with Crippen molar-refractivity contribution < 1.29 is 18.8 Å². The molecular formula is C23H25Cl2N3O4. The quantitative estimate of drug-likeness (QED) is 0.704. The van der Waals surface area contributed by atoms with E-state index in [0.29, 0.717) is 60.4 Å². The largest absolute Gasteiger partial charge is 0.459 e. The van der Waals surface area contributed by atoms with E-state index >= 15 is 0 Å². The maximum atomic E-state index is 13.3. The summed E-state index contributed by atoms with van der Waals surface area (Å²) < 4.78 is 5.19. The summed E-state index contributed by atoms with van der Waals surface area (Å²) in [4.78, 5) is 42.2. The zero-order valence-corrected chi connectivity index (χ0v) is 19.1. The van der Waals surface area contributed by atoms with Crippen LogP contribution in [0.5, 0.6) is 0 Å². The second-order valence-electron chi connectivity index (χ2n) is 8.20. The summed E-state index contributed by atoms with van der Waals surface area (Å²) in [6.45, 7) is 1.52. The number of nitrogens with one attached hydrogen (secondary N) is 1. The molecule has 9 heteroatoms. The van der Waals surface area contributed by atoms with E-state index in [-0.39, 0.29) is 23.6 Å². The molecule has 1 atom stereocenters. The summed E-state index contributed by atoms with van der Waals surface area (Å²) >= 11 is 12.2. The van der Waals surface area contributed by atoms with Crippen LogP contribution in [0.15, 0.2) is 41.0 Å². The fourth-order valence-electron chi connectivity index (χ4n) is 4.40. The van der Waals surface area contributed by atoms with Gasteiger partial charge in [0.15, 0.2) is 5.76 Å². The third-order valence-corrected chi connectivity index (χ3v) is 6.70. The standard InChI is InChI=1S/C23H25Cl2N3O4/c24-16-6-7-17(25)18(14-16)26-21(29)19-4-1-2-10-28(19)22(30)15-8-11-27(12-9-15)23(31)20-5-3-13-32-20/h3,5-7,13-15,19H,1-2,4,8-12H2,(H,26,29). The average molecular weight is 478 g/mol. The number of anilines is 1. The van der Waals surface area contributed by atoms with Crippen LogP contribution in [0.25, 0.3) is 0 Å². The highest BCUT2D eigenvalue weighted by molar-refractivity contribution is 6.35. The molecule has 3 heterocycles. The van der Waals surface area contributed by atoms with Crippen molar-refractivity contribution in [2.45, 2.75) is 38.1 Å². The molecule has 2 saturated heterocycles. The molecule has 0 aliphatic carbocycles. The van der Waals surface area contributed by atoms with Crippen LogP contribution in [0, 0.1) is 5.92 Å². The Balaban J connectivity index is 1.39. The Kier molecular flexibility index (Phi) is 7.06. The molecule has 32 heavy (non-hydrogen) atoms. The van der Waals surface area contributed by atoms with Crippen molar-refractivity contribution >= 4 is 46.6 Å². The number of carbonyl (C=O) groups is 3. The van der Waals surface area contributed by atoms with Crippen LogP contribution in [-0.4, -0.2) is 53.2 Å². The number of benzene rings is 1. The summed E-state index contributed by atoms with van der Waals surface area (Å²) in [5.74, 6) is -0.338. The number of piperidine rings is 2. The van der Waals surface area contributed by atoms with Crippen molar-refractivity contribution in [3.05, 3.63) is 52.4 Å². The Morgan fingerprint density at radius 2 is 1.78 bits per heavy atom. The zero-order valence-electron chi connectivity index (χ0n) is 17.6. The van der Waals surface area contributed by atoms with Crippen LogP contribution in [0.3, 0.4) is 0 Å². The molecule has 3 amide bonds. The zero-order chi connectivity index (χ0) is 22.7. The molecule has 2 aliphatic heterocycles. The minimum atomic E-state index is -0.547. The maximum Gasteiger partial charge on any atom is 0.289 e. The van der Waals surface area contributed by atoms with E-state index in [2.05, 4.69) is 5.32 Å². The number of halogens is 2. The van der Waals surface area contributed by atoms with Gasteiger partial charge in [0.1, 0.15) is 6.04 Å². The summed E-state index contributed by atoms with van der Waals surface area (Å²) in [5, 5.41) is 3.70. The second-order valence-corrected chi connectivity index (χ2v) is 9.04. The lowest BCUT2D eigenvalue weighted by atomic mass is 9.92. The first-order valence-corrected chi connectivity index (χ1v) is 11.6. The highest BCUT2D eigenvalue weighted by Gasteiger charge is 2.37. The highest BCUT2D eigenvalue weighted by atomic mass is 35.5. The maximum absolute atomic E-state index is 13.3. The van der Waals surface area contributed by atoms with Gasteiger partial charge in [0.05, 0.1) is 17.0 Å². The molecule has 2 fully saturated rings. The first kappa shape index (κ1) is 22.7. The number of carbonyl (C=O) groups excluding carboxylic acids is 3. The molecule has 1 N–H and O–H groups in total. The number of hydrogen-bond donors (Lipinski definition) is 1. The molecule has 170 valence electrons. The van der Waals surface area contributed by atoms with Crippen LogP contribution in [0.2, 0.25) is 10.0 Å². The molecule has 4 rings (SSSR count).